The van der Waals surface area contributed by atoms with Crippen LogP contribution in [0.25, 0.3) is 11.1 Å². The Balaban J connectivity index is 1.44. The van der Waals surface area contributed by atoms with Gasteiger partial charge in [-0.05, 0) is 83.7 Å². The second-order valence-corrected chi connectivity index (χ2v) is 9.44. The van der Waals surface area contributed by atoms with E-state index in [1.165, 1.54) is 12.1 Å². The Morgan fingerprint density at radius 2 is 1.62 bits per heavy atom. The molecule has 4 nitrogen and oxygen atoms in total. The van der Waals surface area contributed by atoms with E-state index < -0.39 is 0 Å². The maximum absolute atomic E-state index is 13.5. The fourth-order valence-corrected chi connectivity index (χ4v) is 4.55. The number of benzene rings is 4. The van der Waals surface area contributed by atoms with Gasteiger partial charge < -0.3 is 16.0 Å². The summed E-state index contributed by atoms with van der Waals surface area (Å²) in [7, 11) is 0. The highest BCUT2D eigenvalue weighted by Crippen LogP contribution is 2.27. The molecule has 0 aromatic heterocycles. The zero-order chi connectivity index (χ0) is 26.2. The second kappa shape index (κ2) is 12.5. The molecule has 0 radical (unpaired) electrons. The Kier molecular flexibility index (Phi) is 8.88. The van der Waals surface area contributed by atoms with Crippen LogP contribution in [0.2, 0.25) is 5.02 Å². The van der Waals surface area contributed by atoms with Gasteiger partial charge in [0.1, 0.15) is 5.82 Å². The summed E-state index contributed by atoms with van der Waals surface area (Å²) in [4.78, 5) is 13.2. The number of anilines is 1. The van der Waals surface area contributed by atoms with Gasteiger partial charge in [-0.25, -0.2) is 4.39 Å². The molecule has 4 aromatic rings. The minimum absolute atomic E-state index is 0.148. The molecule has 3 N–H and O–H groups in total. The first-order valence-corrected chi connectivity index (χ1v) is 12.7. The first-order chi connectivity index (χ1) is 17.9. The van der Waals surface area contributed by atoms with E-state index in [1.54, 1.807) is 12.1 Å². The molecule has 0 saturated carbocycles. The van der Waals surface area contributed by atoms with E-state index >= 15 is 0 Å². The van der Waals surface area contributed by atoms with Gasteiger partial charge in [-0.1, -0.05) is 72.3 Å². The van der Waals surface area contributed by atoms with E-state index in [9.17, 15) is 9.18 Å². The Morgan fingerprint density at radius 1 is 0.865 bits per heavy atom. The first kappa shape index (κ1) is 26.3. The average molecular weight is 532 g/mol. The second-order valence-electron chi connectivity index (χ2n) is 8.62. The van der Waals surface area contributed by atoms with Crippen molar-refractivity contribution in [1.82, 2.24) is 10.6 Å². The SMILES string of the molecule is Cc1ccc(CCNC(=O)c2ccccc2-c2ccccc2CNC(=S)Nc2cccc(F)c2)c(Cl)c1. The maximum Gasteiger partial charge on any atom is 0.251 e. The summed E-state index contributed by atoms with van der Waals surface area (Å²) in [5.74, 6) is -0.486. The Labute approximate surface area is 226 Å². The van der Waals surface area contributed by atoms with Gasteiger partial charge >= 0.3 is 0 Å². The number of amides is 1. The van der Waals surface area contributed by atoms with E-state index in [-0.39, 0.29) is 11.7 Å². The monoisotopic (exact) mass is 531 g/mol. The van der Waals surface area contributed by atoms with Crippen molar-refractivity contribution in [2.45, 2.75) is 19.9 Å². The predicted molar refractivity (Wildman–Crippen MR) is 154 cm³/mol. The number of hydrogen-bond donors (Lipinski definition) is 3. The first-order valence-electron chi connectivity index (χ1n) is 11.9. The van der Waals surface area contributed by atoms with Gasteiger partial charge in [0.25, 0.3) is 5.91 Å². The Morgan fingerprint density at radius 3 is 2.41 bits per heavy atom. The van der Waals surface area contributed by atoms with Crippen molar-refractivity contribution in [3.63, 3.8) is 0 Å². The summed E-state index contributed by atoms with van der Waals surface area (Å²) in [5.41, 5.74) is 5.99. The third-order valence-corrected chi connectivity index (χ3v) is 6.49. The normalized spacial score (nSPS) is 10.6. The topological polar surface area (TPSA) is 53.2 Å². The number of aryl methyl sites for hydroxylation is 1. The molecule has 0 saturated heterocycles. The van der Waals surface area contributed by atoms with Crippen molar-refractivity contribution >= 4 is 40.5 Å². The lowest BCUT2D eigenvalue weighted by Crippen LogP contribution is -2.28. The molecule has 0 heterocycles. The van der Waals surface area contributed by atoms with Gasteiger partial charge in [0.05, 0.1) is 0 Å². The smallest absolute Gasteiger partial charge is 0.251 e. The molecule has 4 rings (SSSR count). The molecule has 0 aliphatic heterocycles. The molecule has 0 aliphatic carbocycles. The summed E-state index contributed by atoms with van der Waals surface area (Å²) in [6, 6.07) is 27.4. The summed E-state index contributed by atoms with van der Waals surface area (Å²) in [6.07, 6.45) is 0.642. The molecule has 0 spiro atoms. The molecule has 0 fully saturated rings. The average Bonchev–Trinajstić information content (AvgIpc) is 2.89. The van der Waals surface area contributed by atoms with Crippen molar-refractivity contribution in [2.24, 2.45) is 0 Å². The molecule has 0 atom stereocenters. The standard InChI is InChI=1S/C30H27ClFN3OS/c1-20-13-14-21(28(31)17-20)15-16-33-29(36)27-12-5-4-11-26(27)25-10-3-2-7-22(25)19-34-30(37)35-24-9-6-8-23(32)18-24/h2-14,17-18H,15-16,19H2,1H3,(H,33,36)(H2,34,35,37). The van der Waals surface area contributed by atoms with E-state index in [2.05, 4.69) is 16.0 Å². The summed E-state index contributed by atoms with van der Waals surface area (Å²) < 4.78 is 13.5. The van der Waals surface area contributed by atoms with E-state index in [0.29, 0.717) is 40.9 Å². The third-order valence-electron chi connectivity index (χ3n) is 5.89. The van der Waals surface area contributed by atoms with Gasteiger partial charge in [0.2, 0.25) is 0 Å². The Bertz CT molecular complexity index is 1430. The highest BCUT2D eigenvalue weighted by molar-refractivity contribution is 7.80. The number of carbonyl (C=O) groups excluding carboxylic acids is 1. The largest absolute Gasteiger partial charge is 0.358 e. The number of halogens is 2. The highest BCUT2D eigenvalue weighted by atomic mass is 35.5. The highest BCUT2D eigenvalue weighted by Gasteiger charge is 2.15. The molecule has 4 aromatic carbocycles. The minimum Gasteiger partial charge on any atom is -0.358 e. The van der Waals surface area contributed by atoms with Gasteiger partial charge in [-0.2, -0.15) is 0 Å². The lowest BCUT2D eigenvalue weighted by Gasteiger charge is -2.16. The zero-order valence-electron chi connectivity index (χ0n) is 20.4. The Hall–Kier alpha value is -3.74. The van der Waals surface area contributed by atoms with Crippen LogP contribution in [0.5, 0.6) is 0 Å². The van der Waals surface area contributed by atoms with Gasteiger partial charge in [-0.15, -0.1) is 0 Å². The molecule has 0 unspecified atom stereocenters. The molecular weight excluding hydrogens is 505 g/mol. The molecule has 0 aliphatic rings. The van der Waals surface area contributed by atoms with Crippen molar-refractivity contribution in [3.8, 4) is 11.1 Å². The number of hydrogen-bond acceptors (Lipinski definition) is 2. The lowest BCUT2D eigenvalue weighted by molar-refractivity contribution is 0.0955. The molecule has 7 heteroatoms. The van der Waals surface area contributed by atoms with Crippen molar-refractivity contribution in [3.05, 3.63) is 124 Å². The van der Waals surface area contributed by atoms with E-state index in [4.69, 9.17) is 23.8 Å². The predicted octanol–water partition coefficient (Wildman–Crippen LogP) is 6.91. The van der Waals surface area contributed by atoms with Gasteiger partial charge in [-0.3, -0.25) is 4.79 Å². The van der Waals surface area contributed by atoms with E-state index in [0.717, 1.165) is 27.8 Å². The van der Waals surface area contributed by atoms with Gasteiger partial charge in [0.15, 0.2) is 5.11 Å². The van der Waals surface area contributed by atoms with Crippen molar-refractivity contribution < 1.29 is 9.18 Å². The van der Waals surface area contributed by atoms with Crippen LogP contribution in [-0.4, -0.2) is 17.6 Å². The van der Waals surface area contributed by atoms with Crippen LogP contribution in [0.15, 0.2) is 91.0 Å². The van der Waals surface area contributed by atoms with Crippen LogP contribution < -0.4 is 16.0 Å². The molecule has 188 valence electrons. The van der Waals surface area contributed by atoms with Crippen LogP contribution in [0.1, 0.15) is 27.0 Å². The number of thiocarbonyl (C=S) groups is 1. The molecular formula is C30H27ClFN3OS. The zero-order valence-corrected chi connectivity index (χ0v) is 21.9. The van der Waals surface area contributed by atoms with Crippen molar-refractivity contribution in [2.75, 3.05) is 11.9 Å². The van der Waals surface area contributed by atoms with Gasteiger partial charge in [0, 0.05) is 29.4 Å². The quantitative estimate of drug-likeness (QED) is 0.216. The summed E-state index contributed by atoms with van der Waals surface area (Å²) in [6.45, 7) is 2.90. The number of carbonyl (C=O) groups is 1. The van der Waals surface area contributed by atoms with Crippen LogP contribution >= 0.6 is 23.8 Å². The molecule has 0 bridgehead atoms. The lowest BCUT2D eigenvalue weighted by atomic mass is 9.95. The van der Waals surface area contributed by atoms with Crippen LogP contribution in [0, 0.1) is 12.7 Å². The number of nitrogens with one attached hydrogen (secondary N) is 3. The fourth-order valence-electron chi connectivity index (χ4n) is 4.03. The van der Waals surface area contributed by atoms with Crippen LogP contribution in [0.3, 0.4) is 0 Å². The third kappa shape index (κ3) is 7.15. The summed E-state index contributed by atoms with van der Waals surface area (Å²) >= 11 is 11.7. The van der Waals surface area contributed by atoms with Crippen molar-refractivity contribution in [1.29, 1.82) is 0 Å². The number of rotatable bonds is 8. The molecule has 1 amide bonds. The maximum atomic E-state index is 13.5. The van der Waals surface area contributed by atoms with Crippen LogP contribution in [0.4, 0.5) is 10.1 Å². The minimum atomic E-state index is -0.338. The fraction of sp³-hybridized carbons (Fsp3) is 0.133. The van der Waals surface area contributed by atoms with E-state index in [1.807, 2.05) is 73.7 Å². The van der Waals surface area contributed by atoms with Crippen LogP contribution in [-0.2, 0) is 13.0 Å². The molecule has 37 heavy (non-hydrogen) atoms. The summed E-state index contributed by atoms with van der Waals surface area (Å²) in [5, 5.41) is 10.3.